The highest BCUT2D eigenvalue weighted by Gasteiger charge is 2.04. The lowest BCUT2D eigenvalue weighted by molar-refractivity contribution is -0.460. The van der Waals surface area contributed by atoms with E-state index in [4.69, 9.17) is 11.6 Å². The Balaban J connectivity index is 2.94. The Hall–Kier alpha value is -1.29. The molecule has 0 radical (unpaired) electrons. The molecule has 1 rings (SSSR count). The Morgan fingerprint density at radius 3 is 2.71 bits per heavy atom. The van der Waals surface area contributed by atoms with Crippen LogP contribution in [0.2, 0.25) is 5.02 Å². The molecule has 14 heavy (non-hydrogen) atoms. The van der Waals surface area contributed by atoms with Crippen LogP contribution in [0.15, 0.2) is 29.5 Å². The monoisotopic (exact) mass is 213 g/mol. The molecule has 0 aliphatic carbocycles. The van der Waals surface area contributed by atoms with Crippen molar-refractivity contribution in [2.45, 2.75) is 6.92 Å². The van der Waals surface area contributed by atoms with Crippen LogP contribution in [0.5, 0.6) is 0 Å². The van der Waals surface area contributed by atoms with Crippen molar-refractivity contribution in [1.29, 1.82) is 0 Å². The number of hydrogen-bond acceptors (Lipinski definition) is 2. The van der Waals surface area contributed by atoms with E-state index >= 15 is 0 Å². The van der Waals surface area contributed by atoms with E-state index in [0.717, 1.165) is 0 Å². The molecule has 0 amide bonds. The summed E-state index contributed by atoms with van der Waals surface area (Å²) in [5.41, 5.74) is 0.356. The van der Waals surface area contributed by atoms with Gasteiger partial charge >= 0.3 is 0 Å². The van der Waals surface area contributed by atoms with Gasteiger partial charge in [0.2, 0.25) is 0 Å². The Kier molecular flexibility index (Phi) is 3.71. The summed E-state index contributed by atoms with van der Waals surface area (Å²) in [4.78, 5) is 0.520. The van der Waals surface area contributed by atoms with E-state index in [1.165, 1.54) is 5.01 Å². The zero-order valence-corrected chi connectivity index (χ0v) is 8.90. The molecule has 0 saturated heterocycles. The van der Waals surface area contributed by atoms with Crippen molar-refractivity contribution in [3.05, 3.63) is 34.5 Å². The number of nitrogens with zero attached hydrogens (tertiary/aromatic N) is 3. The third kappa shape index (κ3) is 2.60. The molecule has 0 fully saturated rings. The average Bonchev–Trinajstić information content (AvgIpc) is 2.18. The van der Waals surface area contributed by atoms with E-state index in [1.54, 1.807) is 31.3 Å². The molecule has 0 spiro atoms. The quantitative estimate of drug-likeness (QED) is 0.440. The van der Waals surface area contributed by atoms with Crippen LogP contribution < -0.4 is 0 Å². The van der Waals surface area contributed by atoms with Crippen LogP contribution in [0.1, 0.15) is 6.92 Å². The van der Waals surface area contributed by atoms with E-state index in [1.807, 2.05) is 6.92 Å². The van der Waals surface area contributed by atoms with Gasteiger partial charge in [-0.15, -0.1) is 4.86 Å². The molecule has 0 saturated carbocycles. The number of hydrogen-bond donors (Lipinski definition) is 0. The SMILES string of the molecule is CCN(C)/N=[N+](\[O-])c1ccccc1Cl. The molecule has 4 nitrogen and oxygen atoms in total. The van der Waals surface area contributed by atoms with Gasteiger partial charge in [0.15, 0.2) is 5.69 Å². The fraction of sp³-hybridized carbons (Fsp3) is 0.333. The van der Waals surface area contributed by atoms with Gasteiger partial charge in [-0.25, -0.2) is 0 Å². The predicted octanol–water partition coefficient (Wildman–Crippen LogP) is 2.80. The lowest BCUT2D eigenvalue weighted by Gasteiger charge is -2.09. The van der Waals surface area contributed by atoms with Gasteiger partial charge in [-0.2, -0.15) is 5.01 Å². The van der Waals surface area contributed by atoms with Crippen LogP contribution >= 0.6 is 11.6 Å². The van der Waals surface area contributed by atoms with Crippen molar-refractivity contribution in [1.82, 2.24) is 5.01 Å². The number of halogens is 1. The molecule has 0 bridgehead atoms. The first kappa shape index (κ1) is 10.8. The lowest BCUT2D eigenvalue weighted by Crippen LogP contribution is -2.12. The summed E-state index contributed by atoms with van der Waals surface area (Å²) in [5, 5.41) is 17.1. The fourth-order valence-corrected chi connectivity index (χ4v) is 1.06. The van der Waals surface area contributed by atoms with Crippen molar-refractivity contribution < 1.29 is 4.86 Å². The van der Waals surface area contributed by atoms with Gasteiger partial charge in [-0.1, -0.05) is 23.7 Å². The predicted molar refractivity (Wildman–Crippen MR) is 55.5 cm³/mol. The molecule has 0 unspecified atom stereocenters. The van der Waals surface area contributed by atoms with Gasteiger partial charge in [0.1, 0.15) is 6.54 Å². The third-order valence-electron chi connectivity index (χ3n) is 1.75. The van der Waals surface area contributed by atoms with Crippen LogP contribution in [0, 0.1) is 5.21 Å². The Bertz CT molecular complexity index is 341. The van der Waals surface area contributed by atoms with E-state index in [2.05, 4.69) is 5.22 Å². The average molecular weight is 214 g/mol. The van der Waals surface area contributed by atoms with E-state index in [9.17, 15) is 5.21 Å². The maximum Gasteiger partial charge on any atom is 0.172 e. The number of rotatable bonds is 3. The normalized spacial score (nSPS) is 11.5. The second-order valence-corrected chi connectivity index (χ2v) is 3.19. The first-order chi connectivity index (χ1) is 6.65. The first-order valence-corrected chi connectivity index (χ1v) is 4.67. The van der Waals surface area contributed by atoms with Gasteiger partial charge < -0.3 is 5.21 Å². The largest absolute Gasteiger partial charge is 0.691 e. The maximum absolute atomic E-state index is 11.5. The first-order valence-electron chi connectivity index (χ1n) is 4.29. The zero-order valence-electron chi connectivity index (χ0n) is 8.14. The molecular formula is C9H12ClN3O. The molecule has 0 aliphatic rings. The third-order valence-corrected chi connectivity index (χ3v) is 2.07. The minimum absolute atomic E-state index is 0.356. The molecular weight excluding hydrogens is 202 g/mol. The molecule has 0 N–H and O–H groups in total. The summed E-state index contributed by atoms with van der Waals surface area (Å²) in [6, 6.07) is 6.79. The second kappa shape index (κ2) is 4.81. The molecule has 0 aromatic heterocycles. The summed E-state index contributed by atoms with van der Waals surface area (Å²) < 4.78 is 0. The standard InChI is InChI=1S/C9H12ClN3O/c1-3-12(2)11-13(14)9-7-5-4-6-8(9)10/h4-7H,3H2,1-2H3/b13-11-. The van der Waals surface area contributed by atoms with Crippen LogP contribution in [-0.4, -0.2) is 23.5 Å². The summed E-state index contributed by atoms with van der Waals surface area (Å²) in [6.45, 7) is 2.58. The number of para-hydroxylation sites is 1. The Morgan fingerprint density at radius 1 is 1.50 bits per heavy atom. The summed E-state index contributed by atoms with van der Waals surface area (Å²) in [6.07, 6.45) is 0. The smallest absolute Gasteiger partial charge is 0.172 e. The molecule has 76 valence electrons. The minimum atomic E-state index is 0.356. The van der Waals surface area contributed by atoms with Crippen molar-refractivity contribution >= 4 is 17.3 Å². The van der Waals surface area contributed by atoms with Crippen LogP contribution in [0.4, 0.5) is 5.69 Å². The van der Waals surface area contributed by atoms with Gasteiger partial charge in [0.05, 0.1) is 17.3 Å². The van der Waals surface area contributed by atoms with Gasteiger partial charge in [-0.3, -0.25) is 0 Å². The highest BCUT2D eigenvalue weighted by atomic mass is 35.5. The zero-order chi connectivity index (χ0) is 10.6. The molecule has 5 heteroatoms. The van der Waals surface area contributed by atoms with Crippen LogP contribution in [0.3, 0.4) is 0 Å². The summed E-state index contributed by atoms with van der Waals surface area (Å²) in [5.74, 6) is 0. The topological polar surface area (TPSA) is 41.7 Å². The van der Waals surface area contributed by atoms with E-state index < -0.39 is 0 Å². The minimum Gasteiger partial charge on any atom is -0.691 e. The fourth-order valence-electron chi connectivity index (χ4n) is 0.857. The second-order valence-electron chi connectivity index (χ2n) is 2.79. The van der Waals surface area contributed by atoms with Crippen molar-refractivity contribution in [2.24, 2.45) is 5.22 Å². The Labute approximate surface area is 88.0 Å². The van der Waals surface area contributed by atoms with Gasteiger partial charge in [-0.05, 0) is 19.1 Å². The number of benzene rings is 1. The molecule has 0 atom stereocenters. The van der Waals surface area contributed by atoms with Crippen LogP contribution in [0.25, 0.3) is 0 Å². The molecule has 0 heterocycles. The maximum atomic E-state index is 11.5. The lowest BCUT2D eigenvalue weighted by atomic mass is 10.3. The summed E-state index contributed by atoms with van der Waals surface area (Å²) >= 11 is 5.83. The molecule has 0 aliphatic heterocycles. The van der Waals surface area contributed by atoms with Crippen molar-refractivity contribution in [3.8, 4) is 0 Å². The Morgan fingerprint density at radius 2 is 2.14 bits per heavy atom. The highest BCUT2D eigenvalue weighted by molar-refractivity contribution is 6.32. The summed E-state index contributed by atoms with van der Waals surface area (Å²) in [7, 11) is 1.72. The van der Waals surface area contributed by atoms with Crippen molar-refractivity contribution in [3.63, 3.8) is 0 Å². The van der Waals surface area contributed by atoms with Gasteiger partial charge in [0.25, 0.3) is 0 Å². The van der Waals surface area contributed by atoms with Crippen LogP contribution in [-0.2, 0) is 0 Å². The van der Waals surface area contributed by atoms with Crippen molar-refractivity contribution in [2.75, 3.05) is 13.6 Å². The molecule has 1 aromatic rings. The van der Waals surface area contributed by atoms with Gasteiger partial charge in [0, 0.05) is 0 Å². The highest BCUT2D eigenvalue weighted by Crippen LogP contribution is 2.23. The van der Waals surface area contributed by atoms with E-state index in [0.29, 0.717) is 22.1 Å². The molecule has 1 aromatic carbocycles. The van der Waals surface area contributed by atoms with E-state index in [-0.39, 0.29) is 0 Å².